The van der Waals surface area contributed by atoms with Crippen LogP contribution in [0.4, 0.5) is 0 Å². The summed E-state index contributed by atoms with van der Waals surface area (Å²) in [5.41, 5.74) is -0.0638. The zero-order valence-corrected chi connectivity index (χ0v) is 9.95. The summed E-state index contributed by atoms with van der Waals surface area (Å²) in [6, 6.07) is -0.104. The highest BCUT2D eigenvalue weighted by Gasteiger charge is 2.50. The summed E-state index contributed by atoms with van der Waals surface area (Å²) >= 11 is 0. The summed E-state index contributed by atoms with van der Waals surface area (Å²) in [6.45, 7) is 6.59. The van der Waals surface area contributed by atoms with Gasteiger partial charge in [0.15, 0.2) is 0 Å². The molecule has 0 bridgehead atoms. The SMILES string of the molecule is C=CC1CC1(C)NC(=O)C1CC(OC)CN1. The zero-order chi connectivity index (χ0) is 11.8. The van der Waals surface area contributed by atoms with E-state index in [0.29, 0.717) is 5.92 Å². The smallest absolute Gasteiger partial charge is 0.237 e. The van der Waals surface area contributed by atoms with Crippen LogP contribution in [0.15, 0.2) is 12.7 Å². The molecule has 1 aliphatic carbocycles. The quantitative estimate of drug-likeness (QED) is 0.681. The lowest BCUT2D eigenvalue weighted by Gasteiger charge is -2.17. The molecule has 2 aliphatic rings. The average molecular weight is 224 g/mol. The molecular weight excluding hydrogens is 204 g/mol. The van der Waals surface area contributed by atoms with Crippen LogP contribution in [0.2, 0.25) is 0 Å². The lowest BCUT2D eigenvalue weighted by molar-refractivity contribution is -0.123. The normalized spacial score (nSPS) is 41.8. The van der Waals surface area contributed by atoms with Crippen LogP contribution in [-0.4, -0.2) is 37.2 Å². The Kier molecular flexibility index (Phi) is 3.04. The fourth-order valence-electron chi connectivity index (χ4n) is 2.34. The van der Waals surface area contributed by atoms with Crippen molar-refractivity contribution < 1.29 is 9.53 Å². The molecule has 0 spiro atoms. The van der Waals surface area contributed by atoms with Crippen LogP contribution in [-0.2, 0) is 9.53 Å². The average Bonchev–Trinajstić information content (AvgIpc) is 2.73. The summed E-state index contributed by atoms with van der Waals surface area (Å²) in [6.07, 6.45) is 3.85. The van der Waals surface area contributed by atoms with Gasteiger partial charge in [0.2, 0.25) is 5.91 Å². The van der Waals surface area contributed by atoms with Gasteiger partial charge in [0, 0.05) is 25.1 Å². The summed E-state index contributed by atoms with van der Waals surface area (Å²) in [4.78, 5) is 12.0. The molecular formula is C12H20N2O2. The summed E-state index contributed by atoms with van der Waals surface area (Å²) in [5.74, 6) is 0.516. The molecule has 4 heteroatoms. The molecule has 1 aliphatic heterocycles. The van der Waals surface area contributed by atoms with Crippen LogP contribution in [0.1, 0.15) is 19.8 Å². The zero-order valence-electron chi connectivity index (χ0n) is 9.95. The molecule has 0 aromatic rings. The standard InChI is InChI=1S/C12H20N2O2/c1-4-8-6-12(8,2)14-11(15)10-5-9(16-3)7-13-10/h4,8-10,13H,1,5-7H2,2-3H3,(H,14,15). The van der Waals surface area contributed by atoms with Crippen molar-refractivity contribution in [2.75, 3.05) is 13.7 Å². The number of nitrogens with one attached hydrogen (secondary N) is 2. The maximum absolute atomic E-state index is 12.0. The van der Waals surface area contributed by atoms with Gasteiger partial charge < -0.3 is 15.4 Å². The van der Waals surface area contributed by atoms with E-state index in [0.717, 1.165) is 19.4 Å². The molecule has 2 N–H and O–H groups in total. The van der Waals surface area contributed by atoms with Crippen molar-refractivity contribution in [3.8, 4) is 0 Å². The lowest BCUT2D eigenvalue weighted by Crippen LogP contribution is -2.46. The number of methoxy groups -OCH3 is 1. The van der Waals surface area contributed by atoms with Crippen LogP contribution in [0, 0.1) is 5.92 Å². The van der Waals surface area contributed by atoms with E-state index in [2.05, 4.69) is 24.1 Å². The molecule has 1 heterocycles. The van der Waals surface area contributed by atoms with Crippen LogP contribution in [0.25, 0.3) is 0 Å². The van der Waals surface area contributed by atoms with Crippen molar-refractivity contribution in [3.63, 3.8) is 0 Å². The minimum absolute atomic E-state index is 0.0638. The number of hydrogen-bond donors (Lipinski definition) is 2. The Balaban J connectivity index is 1.83. The third kappa shape index (κ3) is 2.13. The Morgan fingerprint density at radius 2 is 2.44 bits per heavy atom. The van der Waals surface area contributed by atoms with E-state index in [1.165, 1.54) is 0 Å². The molecule has 1 amide bonds. The number of ether oxygens (including phenoxy) is 1. The van der Waals surface area contributed by atoms with E-state index in [9.17, 15) is 4.79 Å². The largest absolute Gasteiger partial charge is 0.380 e. The van der Waals surface area contributed by atoms with Gasteiger partial charge in [0.05, 0.1) is 12.1 Å². The van der Waals surface area contributed by atoms with Gasteiger partial charge in [-0.1, -0.05) is 6.08 Å². The van der Waals surface area contributed by atoms with E-state index in [-0.39, 0.29) is 23.6 Å². The highest BCUT2D eigenvalue weighted by atomic mass is 16.5. The predicted octanol–water partition coefficient (Wildman–Crippen LogP) is 0.444. The van der Waals surface area contributed by atoms with Crippen molar-refractivity contribution in [2.24, 2.45) is 5.92 Å². The molecule has 4 nitrogen and oxygen atoms in total. The number of rotatable bonds is 4. The Hall–Kier alpha value is -0.870. The van der Waals surface area contributed by atoms with Gasteiger partial charge in [-0.15, -0.1) is 6.58 Å². The first-order chi connectivity index (χ1) is 7.59. The fourth-order valence-corrected chi connectivity index (χ4v) is 2.34. The highest BCUT2D eigenvalue weighted by Crippen LogP contribution is 2.43. The fraction of sp³-hybridized carbons (Fsp3) is 0.750. The molecule has 4 atom stereocenters. The molecule has 2 rings (SSSR count). The second kappa shape index (κ2) is 4.18. The monoisotopic (exact) mass is 224 g/mol. The number of carbonyl (C=O) groups excluding carboxylic acids is 1. The minimum Gasteiger partial charge on any atom is -0.380 e. The van der Waals surface area contributed by atoms with E-state index < -0.39 is 0 Å². The van der Waals surface area contributed by atoms with Gasteiger partial charge in [-0.3, -0.25) is 4.79 Å². The predicted molar refractivity (Wildman–Crippen MR) is 62.1 cm³/mol. The summed E-state index contributed by atoms with van der Waals surface area (Å²) in [5, 5.41) is 6.27. The molecule has 90 valence electrons. The maximum Gasteiger partial charge on any atom is 0.237 e. The third-order valence-corrected chi connectivity index (χ3v) is 3.74. The van der Waals surface area contributed by atoms with Crippen LogP contribution >= 0.6 is 0 Å². The van der Waals surface area contributed by atoms with E-state index >= 15 is 0 Å². The molecule has 4 unspecified atom stereocenters. The van der Waals surface area contributed by atoms with Crippen molar-refractivity contribution >= 4 is 5.91 Å². The lowest BCUT2D eigenvalue weighted by atomic mass is 10.1. The minimum atomic E-state index is -0.104. The topological polar surface area (TPSA) is 50.4 Å². The van der Waals surface area contributed by atoms with Gasteiger partial charge in [0.1, 0.15) is 0 Å². The third-order valence-electron chi connectivity index (χ3n) is 3.74. The molecule has 0 radical (unpaired) electrons. The maximum atomic E-state index is 12.0. The Labute approximate surface area is 96.4 Å². The second-order valence-corrected chi connectivity index (χ2v) is 5.01. The molecule has 0 aromatic heterocycles. The number of hydrogen-bond acceptors (Lipinski definition) is 3. The Bertz CT molecular complexity index is 305. The van der Waals surface area contributed by atoms with Gasteiger partial charge in [-0.05, 0) is 19.8 Å². The highest BCUT2D eigenvalue weighted by molar-refractivity contribution is 5.83. The van der Waals surface area contributed by atoms with Crippen LogP contribution < -0.4 is 10.6 Å². The van der Waals surface area contributed by atoms with Gasteiger partial charge in [0.25, 0.3) is 0 Å². The van der Waals surface area contributed by atoms with E-state index in [4.69, 9.17) is 4.74 Å². The Morgan fingerprint density at radius 1 is 1.69 bits per heavy atom. The molecule has 16 heavy (non-hydrogen) atoms. The summed E-state index contributed by atoms with van der Waals surface area (Å²) < 4.78 is 5.22. The van der Waals surface area contributed by atoms with Crippen LogP contribution in [0.3, 0.4) is 0 Å². The van der Waals surface area contributed by atoms with Crippen molar-refractivity contribution in [2.45, 2.75) is 37.5 Å². The molecule has 2 fully saturated rings. The van der Waals surface area contributed by atoms with Crippen LogP contribution in [0.5, 0.6) is 0 Å². The molecule has 1 saturated heterocycles. The van der Waals surface area contributed by atoms with Gasteiger partial charge >= 0.3 is 0 Å². The van der Waals surface area contributed by atoms with Gasteiger partial charge in [-0.25, -0.2) is 0 Å². The first-order valence-electron chi connectivity index (χ1n) is 5.80. The summed E-state index contributed by atoms with van der Waals surface area (Å²) in [7, 11) is 1.68. The van der Waals surface area contributed by atoms with E-state index in [1.54, 1.807) is 7.11 Å². The van der Waals surface area contributed by atoms with E-state index in [1.807, 2.05) is 6.08 Å². The molecule has 1 saturated carbocycles. The van der Waals surface area contributed by atoms with Crippen molar-refractivity contribution in [1.29, 1.82) is 0 Å². The van der Waals surface area contributed by atoms with Crippen molar-refractivity contribution in [3.05, 3.63) is 12.7 Å². The molecule has 0 aromatic carbocycles. The Morgan fingerprint density at radius 3 is 2.94 bits per heavy atom. The first kappa shape index (κ1) is 11.6. The van der Waals surface area contributed by atoms with Crippen molar-refractivity contribution in [1.82, 2.24) is 10.6 Å². The number of carbonyl (C=O) groups is 1. The number of amides is 1. The second-order valence-electron chi connectivity index (χ2n) is 5.01. The van der Waals surface area contributed by atoms with Gasteiger partial charge in [-0.2, -0.15) is 0 Å². The first-order valence-corrected chi connectivity index (χ1v) is 5.80.